The van der Waals surface area contributed by atoms with Gasteiger partial charge in [-0.05, 0) is 32.3 Å². The average Bonchev–Trinajstić information content (AvgIpc) is 2.52. The Morgan fingerprint density at radius 3 is 2.42 bits per heavy atom. The van der Waals surface area contributed by atoms with Gasteiger partial charge in [0.15, 0.2) is 0 Å². The zero-order valence-electron chi connectivity index (χ0n) is 15.0. The number of anilines is 1. The molecular formula is C18H25ClN4O. The number of carbonyl (C=O) groups is 1. The molecule has 130 valence electrons. The molecule has 5 nitrogen and oxygen atoms in total. The second kappa shape index (κ2) is 6.98. The van der Waals surface area contributed by atoms with Gasteiger partial charge in [0.25, 0.3) is 0 Å². The first-order valence-corrected chi connectivity index (χ1v) is 8.65. The lowest BCUT2D eigenvalue weighted by Crippen LogP contribution is -2.48. The summed E-state index contributed by atoms with van der Waals surface area (Å²) in [5.74, 6) is 0.785. The van der Waals surface area contributed by atoms with E-state index in [2.05, 4.69) is 21.3 Å². The zero-order chi connectivity index (χ0) is 18.1. The van der Waals surface area contributed by atoms with Crippen molar-refractivity contribution in [2.75, 3.05) is 18.0 Å². The third kappa shape index (κ3) is 3.81. The molecule has 0 radical (unpaired) electrons. The van der Waals surface area contributed by atoms with Crippen LogP contribution in [0.4, 0.5) is 5.82 Å². The van der Waals surface area contributed by atoms with Crippen molar-refractivity contribution >= 4 is 23.3 Å². The van der Waals surface area contributed by atoms with Crippen molar-refractivity contribution in [2.45, 2.75) is 53.5 Å². The predicted octanol–water partition coefficient (Wildman–Crippen LogP) is 3.35. The smallest absolute Gasteiger partial charge is 0.225 e. The van der Waals surface area contributed by atoms with E-state index in [1.54, 1.807) is 0 Å². The lowest BCUT2D eigenvalue weighted by Gasteiger charge is -2.35. The first kappa shape index (κ1) is 18.5. The highest BCUT2D eigenvalue weighted by Crippen LogP contribution is 2.30. The van der Waals surface area contributed by atoms with Crippen LogP contribution in [0.3, 0.4) is 0 Å². The topological polar surface area (TPSA) is 69.0 Å². The number of nitrogens with one attached hydrogen (secondary N) is 1. The standard InChI is InChI=1S/C18H25ClN4O/c1-11-14(10-20)16(21-12(2)15(11)19)23-8-6-13(7-9-23)22-17(24)18(3,4)5/h13H,6-9H2,1-5H3,(H,22,24). The Morgan fingerprint density at radius 2 is 1.92 bits per heavy atom. The summed E-state index contributed by atoms with van der Waals surface area (Å²) in [7, 11) is 0. The Morgan fingerprint density at radius 1 is 1.33 bits per heavy atom. The maximum Gasteiger partial charge on any atom is 0.225 e. The molecule has 0 aromatic carbocycles. The molecule has 0 atom stereocenters. The first-order chi connectivity index (χ1) is 11.1. The van der Waals surface area contributed by atoms with Crippen LogP contribution in [-0.4, -0.2) is 30.0 Å². The lowest BCUT2D eigenvalue weighted by atomic mass is 9.94. The number of nitriles is 1. The molecule has 1 aliphatic rings. The Balaban J connectivity index is 2.11. The summed E-state index contributed by atoms with van der Waals surface area (Å²) < 4.78 is 0. The molecule has 1 fully saturated rings. The van der Waals surface area contributed by atoms with Crippen molar-refractivity contribution in [3.63, 3.8) is 0 Å². The van der Waals surface area contributed by atoms with Gasteiger partial charge in [-0.15, -0.1) is 0 Å². The van der Waals surface area contributed by atoms with Crippen LogP contribution in [0, 0.1) is 30.6 Å². The van der Waals surface area contributed by atoms with Crippen molar-refractivity contribution in [2.24, 2.45) is 5.41 Å². The van der Waals surface area contributed by atoms with Gasteiger partial charge in [-0.25, -0.2) is 4.98 Å². The fraction of sp³-hybridized carbons (Fsp3) is 0.611. The summed E-state index contributed by atoms with van der Waals surface area (Å²) in [5, 5.41) is 13.2. The number of aromatic nitrogens is 1. The van der Waals surface area contributed by atoms with Crippen molar-refractivity contribution in [3.8, 4) is 6.07 Å². The second-order valence-electron chi connectivity index (χ2n) is 7.43. The minimum absolute atomic E-state index is 0.0787. The van der Waals surface area contributed by atoms with Gasteiger partial charge in [-0.2, -0.15) is 5.26 Å². The number of hydrogen-bond acceptors (Lipinski definition) is 4. The van der Waals surface area contributed by atoms with Gasteiger partial charge >= 0.3 is 0 Å². The molecule has 0 unspecified atom stereocenters. The Labute approximate surface area is 149 Å². The van der Waals surface area contributed by atoms with Crippen LogP contribution in [-0.2, 0) is 4.79 Å². The number of rotatable bonds is 2. The van der Waals surface area contributed by atoms with Crippen molar-refractivity contribution in [3.05, 3.63) is 21.8 Å². The summed E-state index contributed by atoms with van der Waals surface area (Å²) in [6.07, 6.45) is 1.68. The SMILES string of the molecule is Cc1nc(N2CCC(NC(=O)C(C)(C)C)CC2)c(C#N)c(C)c1Cl. The van der Waals surface area contributed by atoms with E-state index >= 15 is 0 Å². The van der Waals surface area contributed by atoms with Crippen molar-refractivity contribution in [1.82, 2.24) is 10.3 Å². The molecule has 0 bridgehead atoms. The van der Waals surface area contributed by atoms with Crippen LogP contribution < -0.4 is 10.2 Å². The van der Waals surface area contributed by atoms with Crippen molar-refractivity contribution in [1.29, 1.82) is 5.26 Å². The molecule has 0 aliphatic carbocycles. The molecule has 1 aliphatic heterocycles. The van der Waals surface area contributed by atoms with E-state index in [0.29, 0.717) is 16.4 Å². The zero-order valence-corrected chi connectivity index (χ0v) is 15.8. The third-order valence-corrected chi connectivity index (χ3v) is 5.00. The van der Waals surface area contributed by atoms with E-state index in [1.165, 1.54) is 0 Å². The van der Waals surface area contributed by atoms with Crippen LogP contribution in [0.25, 0.3) is 0 Å². The van der Waals surface area contributed by atoms with Crippen LogP contribution >= 0.6 is 11.6 Å². The molecule has 0 saturated carbocycles. The van der Waals surface area contributed by atoms with Gasteiger partial charge in [0, 0.05) is 24.5 Å². The molecule has 2 rings (SSSR count). The van der Waals surface area contributed by atoms with Gasteiger partial charge < -0.3 is 10.2 Å². The van der Waals surface area contributed by atoms with Gasteiger partial charge in [-0.1, -0.05) is 32.4 Å². The number of carbonyl (C=O) groups excluding carboxylic acids is 1. The number of piperidine rings is 1. The minimum atomic E-state index is -0.378. The fourth-order valence-corrected chi connectivity index (χ4v) is 2.95. The molecule has 1 aromatic rings. The molecule has 2 heterocycles. The molecule has 1 saturated heterocycles. The summed E-state index contributed by atoms with van der Waals surface area (Å²) >= 11 is 6.22. The number of halogens is 1. The predicted molar refractivity (Wildman–Crippen MR) is 96.3 cm³/mol. The Hall–Kier alpha value is -1.80. The number of aryl methyl sites for hydroxylation is 1. The highest BCUT2D eigenvalue weighted by molar-refractivity contribution is 6.32. The fourth-order valence-electron chi connectivity index (χ4n) is 2.81. The second-order valence-corrected chi connectivity index (χ2v) is 7.81. The van der Waals surface area contributed by atoms with Crippen LogP contribution in [0.1, 0.15) is 50.4 Å². The van der Waals surface area contributed by atoms with Gasteiger partial charge in [0.05, 0.1) is 16.3 Å². The van der Waals surface area contributed by atoms with E-state index in [0.717, 1.165) is 37.2 Å². The lowest BCUT2D eigenvalue weighted by molar-refractivity contribution is -0.129. The monoisotopic (exact) mass is 348 g/mol. The maximum absolute atomic E-state index is 12.1. The van der Waals surface area contributed by atoms with Crippen LogP contribution in [0.2, 0.25) is 5.02 Å². The van der Waals surface area contributed by atoms with Crippen molar-refractivity contribution < 1.29 is 4.79 Å². The molecule has 6 heteroatoms. The minimum Gasteiger partial charge on any atom is -0.355 e. The normalized spacial score (nSPS) is 16.0. The number of pyridine rings is 1. The summed E-state index contributed by atoms with van der Waals surface area (Å²) in [6, 6.07) is 2.41. The average molecular weight is 349 g/mol. The number of hydrogen-bond donors (Lipinski definition) is 1. The van der Waals surface area contributed by atoms with E-state index in [4.69, 9.17) is 11.6 Å². The molecular weight excluding hydrogens is 324 g/mol. The quantitative estimate of drug-likeness (QED) is 0.889. The van der Waals surface area contributed by atoms with E-state index in [9.17, 15) is 10.1 Å². The number of amides is 1. The molecule has 1 aromatic heterocycles. The van der Waals surface area contributed by atoms with Gasteiger partial charge in [-0.3, -0.25) is 4.79 Å². The summed E-state index contributed by atoms with van der Waals surface area (Å²) in [6.45, 7) is 11.0. The highest BCUT2D eigenvalue weighted by atomic mass is 35.5. The van der Waals surface area contributed by atoms with Crippen LogP contribution in [0.15, 0.2) is 0 Å². The van der Waals surface area contributed by atoms with E-state index in [1.807, 2.05) is 34.6 Å². The molecule has 0 spiro atoms. The maximum atomic E-state index is 12.1. The molecule has 24 heavy (non-hydrogen) atoms. The molecule has 1 amide bonds. The summed E-state index contributed by atoms with van der Waals surface area (Å²) in [5.41, 5.74) is 1.69. The van der Waals surface area contributed by atoms with E-state index in [-0.39, 0.29) is 17.4 Å². The van der Waals surface area contributed by atoms with Gasteiger partial charge in [0.2, 0.25) is 5.91 Å². The first-order valence-electron chi connectivity index (χ1n) is 8.28. The third-order valence-electron chi connectivity index (χ3n) is 4.44. The van der Waals surface area contributed by atoms with E-state index < -0.39 is 0 Å². The largest absolute Gasteiger partial charge is 0.355 e. The Kier molecular flexibility index (Phi) is 5.39. The number of nitrogens with zero attached hydrogens (tertiary/aromatic N) is 3. The van der Waals surface area contributed by atoms with Crippen LogP contribution in [0.5, 0.6) is 0 Å². The molecule has 1 N–H and O–H groups in total. The van der Waals surface area contributed by atoms with Gasteiger partial charge in [0.1, 0.15) is 11.9 Å². The highest BCUT2D eigenvalue weighted by Gasteiger charge is 2.28. The Bertz CT molecular complexity index is 680. The summed E-state index contributed by atoms with van der Waals surface area (Å²) in [4.78, 5) is 18.8.